The molecule has 3 rings (SSSR count). The van der Waals surface area contributed by atoms with E-state index in [9.17, 15) is 5.11 Å². The van der Waals surface area contributed by atoms with Gasteiger partial charge in [-0.05, 0) is 29.3 Å². The molecule has 2 aromatic carbocycles. The molecular formula is C18H14ClNO. The van der Waals surface area contributed by atoms with E-state index < -0.39 is 5.60 Å². The number of benzene rings is 2. The molecule has 2 nitrogen and oxygen atoms in total. The minimum Gasteiger partial charge on any atom is -0.376 e. The summed E-state index contributed by atoms with van der Waals surface area (Å²) >= 11 is 5.96. The van der Waals surface area contributed by atoms with Crippen molar-refractivity contribution in [3.8, 4) is 0 Å². The van der Waals surface area contributed by atoms with Gasteiger partial charge in [0.1, 0.15) is 5.60 Å². The summed E-state index contributed by atoms with van der Waals surface area (Å²) in [4.78, 5) is 4.13. The molecule has 0 aliphatic rings. The van der Waals surface area contributed by atoms with E-state index in [1.807, 2.05) is 54.6 Å². The molecule has 0 aliphatic carbocycles. The quantitative estimate of drug-likeness (QED) is 0.792. The molecule has 0 saturated carbocycles. The van der Waals surface area contributed by atoms with Gasteiger partial charge >= 0.3 is 0 Å². The van der Waals surface area contributed by atoms with Gasteiger partial charge in [-0.25, -0.2) is 0 Å². The maximum Gasteiger partial charge on any atom is 0.142 e. The van der Waals surface area contributed by atoms with Crippen LogP contribution in [0, 0.1) is 0 Å². The SMILES string of the molecule is O[C@@](c1ccccc1)(c1ccc(Cl)cc1)c1cccnc1. The van der Waals surface area contributed by atoms with Gasteiger partial charge in [0.2, 0.25) is 0 Å². The Bertz CT molecular complexity index is 672. The highest BCUT2D eigenvalue weighted by atomic mass is 35.5. The standard InChI is InChI=1S/C18H14ClNO/c19-17-10-8-15(9-11-17)18(21,14-5-2-1-3-6-14)16-7-4-12-20-13-16/h1-13,21H/t18-/m0/s1. The van der Waals surface area contributed by atoms with Crippen LogP contribution in [-0.4, -0.2) is 10.1 Å². The van der Waals surface area contributed by atoms with E-state index in [1.54, 1.807) is 24.5 Å². The average molecular weight is 296 g/mol. The first-order valence-corrected chi connectivity index (χ1v) is 7.03. The van der Waals surface area contributed by atoms with E-state index in [1.165, 1.54) is 0 Å². The number of pyridine rings is 1. The third-order valence-corrected chi connectivity index (χ3v) is 3.78. The Labute approximate surface area is 128 Å². The molecule has 0 fully saturated rings. The molecular weight excluding hydrogens is 282 g/mol. The monoisotopic (exact) mass is 295 g/mol. The van der Waals surface area contributed by atoms with Crippen LogP contribution < -0.4 is 0 Å². The molecule has 1 atom stereocenters. The molecule has 0 spiro atoms. The zero-order chi connectivity index (χ0) is 14.7. The van der Waals surface area contributed by atoms with Crippen molar-refractivity contribution in [3.05, 3.63) is 101 Å². The molecule has 1 N–H and O–H groups in total. The molecule has 3 aromatic rings. The van der Waals surface area contributed by atoms with E-state index in [0.717, 1.165) is 16.7 Å². The van der Waals surface area contributed by atoms with Crippen LogP contribution in [0.4, 0.5) is 0 Å². The lowest BCUT2D eigenvalue weighted by Gasteiger charge is -2.29. The van der Waals surface area contributed by atoms with Crippen LogP contribution in [0.25, 0.3) is 0 Å². The van der Waals surface area contributed by atoms with E-state index >= 15 is 0 Å². The fraction of sp³-hybridized carbons (Fsp3) is 0.0556. The summed E-state index contributed by atoms with van der Waals surface area (Å²) in [6.07, 6.45) is 3.37. The lowest BCUT2D eigenvalue weighted by atomic mass is 9.81. The van der Waals surface area contributed by atoms with Crippen LogP contribution in [0.3, 0.4) is 0 Å². The van der Waals surface area contributed by atoms with Crippen molar-refractivity contribution < 1.29 is 5.11 Å². The molecule has 3 heteroatoms. The number of nitrogens with zero attached hydrogens (tertiary/aromatic N) is 1. The molecule has 0 unspecified atom stereocenters. The maximum atomic E-state index is 11.4. The zero-order valence-corrected chi connectivity index (χ0v) is 12.0. The molecule has 1 aromatic heterocycles. The zero-order valence-electron chi connectivity index (χ0n) is 11.3. The molecule has 0 amide bonds. The van der Waals surface area contributed by atoms with Crippen molar-refractivity contribution in [3.63, 3.8) is 0 Å². The second-order valence-corrected chi connectivity index (χ2v) is 5.26. The van der Waals surface area contributed by atoms with E-state index in [-0.39, 0.29) is 0 Å². The highest BCUT2D eigenvalue weighted by Crippen LogP contribution is 2.36. The van der Waals surface area contributed by atoms with Gasteiger partial charge in [0.25, 0.3) is 0 Å². The fourth-order valence-electron chi connectivity index (χ4n) is 2.45. The van der Waals surface area contributed by atoms with Crippen molar-refractivity contribution in [2.45, 2.75) is 5.60 Å². The van der Waals surface area contributed by atoms with Crippen molar-refractivity contribution in [2.24, 2.45) is 0 Å². The van der Waals surface area contributed by atoms with Gasteiger partial charge in [0.15, 0.2) is 0 Å². The van der Waals surface area contributed by atoms with Crippen LogP contribution in [0.15, 0.2) is 79.1 Å². The fourth-order valence-corrected chi connectivity index (χ4v) is 2.57. The summed E-state index contributed by atoms with van der Waals surface area (Å²) in [6, 6.07) is 20.5. The molecule has 0 saturated heterocycles. The highest BCUT2D eigenvalue weighted by molar-refractivity contribution is 6.30. The van der Waals surface area contributed by atoms with Crippen molar-refractivity contribution >= 4 is 11.6 Å². The Morgan fingerprint density at radius 1 is 0.762 bits per heavy atom. The van der Waals surface area contributed by atoms with Gasteiger partial charge in [-0.2, -0.15) is 0 Å². The Balaban J connectivity index is 2.23. The van der Waals surface area contributed by atoms with E-state index in [2.05, 4.69) is 4.98 Å². The summed E-state index contributed by atoms with van der Waals surface area (Å²) in [6.45, 7) is 0. The van der Waals surface area contributed by atoms with Crippen molar-refractivity contribution in [1.82, 2.24) is 4.98 Å². The summed E-state index contributed by atoms with van der Waals surface area (Å²) < 4.78 is 0. The topological polar surface area (TPSA) is 33.1 Å². The Morgan fingerprint density at radius 2 is 1.38 bits per heavy atom. The maximum absolute atomic E-state index is 11.4. The predicted octanol–water partition coefficient (Wildman–Crippen LogP) is 4.02. The first-order chi connectivity index (χ1) is 10.2. The summed E-state index contributed by atoms with van der Waals surface area (Å²) in [5.74, 6) is 0. The number of aromatic nitrogens is 1. The van der Waals surface area contributed by atoms with Gasteiger partial charge in [0, 0.05) is 23.0 Å². The Kier molecular flexibility index (Phi) is 3.74. The minimum atomic E-state index is -1.25. The summed E-state index contributed by atoms with van der Waals surface area (Å²) in [5.41, 5.74) is 1.02. The molecule has 0 radical (unpaired) electrons. The van der Waals surface area contributed by atoms with Crippen molar-refractivity contribution in [1.29, 1.82) is 0 Å². The summed E-state index contributed by atoms with van der Waals surface area (Å²) in [5, 5.41) is 12.1. The second-order valence-electron chi connectivity index (χ2n) is 4.83. The second kappa shape index (κ2) is 5.68. The largest absolute Gasteiger partial charge is 0.376 e. The van der Waals surface area contributed by atoms with Crippen LogP contribution in [0.2, 0.25) is 5.02 Å². The average Bonchev–Trinajstić information content (AvgIpc) is 2.56. The highest BCUT2D eigenvalue weighted by Gasteiger charge is 2.33. The Hall–Kier alpha value is -2.16. The van der Waals surface area contributed by atoms with Gasteiger partial charge in [0.05, 0.1) is 0 Å². The van der Waals surface area contributed by atoms with Crippen LogP contribution in [0.5, 0.6) is 0 Å². The third-order valence-electron chi connectivity index (χ3n) is 3.53. The molecule has 104 valence electrons. The Morgan fingerprint density at radius 3 is 2.00 bits per heavy atom. The number of aliphatic hydroxyl groups is 1. The summed E-state index contributed by atoms with van der Waals surface area (Å²) in [7, 11) is 0. The van der Waals surface area contributed by atoms with Gasteiger partial charge < -0.3 is 5.11 Å². The normalized spacial score (nSPS) is 13.6. The van der Waals surface area contributed by atoms with Crippen molar-refractivity contribution in [2.75, 3.05) is 0 Å². The van der Waals surface area contributed by atoms with Crippen LogP contribution in [0.1, 0.15) is 16.7 Å². The smallest absolute Gasteiger partial charge is 0.142 e. The molecule has 0 aliphatic heterocycles. The molecule has 1 heterocycles. The number of halogens is 1. The minimum absolute atomic E-state index is 0.639. The first-order valence-electron chi connectivity index (χ1n) is 6.66. The lowest BCUT2D eigenvalue weighted by molar-refractivity contribution is 0.125. The first kappa shape index (κ1) is 13.8. The number of hydrogen-bond donors (Lipinski definition) is 1. The number of hydrogen-bond acceptors (Lipinski definition) is 2. The van der Waals surface area contributed by atoms with Crippen LogP contribution in [-0.2, 0) is 5.60 Å². The van der Waals surface area contributed by atoms with Gasteiger partial charge in [-0.3, -0.25) is 4.98 Å². The molecule has 0 bridgehead atoms. The lowest BCUT2D eigenvalue weighted by Crippen LogP contribution is -2.28. The van der Waals surface area contributed by atoms with Crippen LogP contribution >= 0.6 is 11.6 Å². The number of rotatable bonds is 3. The van der Waals surface area contributed by atoms with Gasteiger partial charge in [-0.1, -0.05) is 60.1 Å². The van der Waals surface area contributed by atoms with E-state index in [4.69, 9.17) is 11.6 Å². The third kappa shape index (κ3) is 2.56. The van der Waals surface area contributed by atoms with Gasteiger partial charge in [-0.15, -0.1) is 0 Å². The predicted molar refractivity (Wildman–Crippen MR) is 84.2 cm³/mol. The van der Waals surface area contributed by atoms with E-state index in [0.29, 0.717) is 5.02 Å². The molecule has 21 heavy (non-hydrogen) atoms.